The number of Topliss-reactive ketones (excluding diaryl/α,β-unsaturated/α-hetero) is 1. The molecular weight excluding hydrogens is 324 g/mol. The molecule has 2 nitrogen and oxygen atoms in total. The second kappa shape index (κ2) is 4.94. The van der Waals surface area contributed by atoms with E-state index in [0.717, 1.165) is 25.9 Å². The summed E-state index contributed by atoms with van der Waals surface area (Å²) in [5.41, 5.74) is 1.92. The van der Waals surface area contributed by atoms with Gasteiger partial charge in [-0.2, -0.15) is 0 Å². The number of aryl methyl sites for hydroxylation is 1. The fourth-order valence-corrected chi connectivity index (χ4v) is 3.48. The lowest BCUT2D eigenvalue weighted by Gasteiger charge is -1.95. The van der Waals surface area contributed by atoms with Gasteiger partial charge >= 0.3 is 0 Å². The lowest BCUT2D eigenvalue weighted by Crippen LogP contribution is -2.00. The Morgan fingerprint density at radius 2 is 2.16 bits per heavy atom. The van der Waals surface area contributed by atoms with Gasteiger partial charge in [0.15, 0.2) is 5.76 Å². The standard InChI is InChI=1S/C15H11BrO2S/c1-9-2-3-13-10(6-9)7-14(18-13)12(17)8-15-11(16)4-5-19-15/h2-7H,8H2,1H3. The van der Waals surface area contributed by atoms with Crippen LogP contribution >= 0.6 is 27.3 Å². The topological polar surface area (TPSA) is 30.2 Å². The van der Waals surface area contributed by atoms with Crippen molar-refractivity contribution in [3.05, 3.63) is 56.4 Å². The van der Waals surface area contributed by atoms with Crippen molar-refractivity contribution in [3.63, 3.8) is 0 Å². The van der Waals surface area contributed by atoms with Crippen molar-refractivity contribution in [2.45, 2.75) is 13.3 Å². The average Bonchev–Trinajstić information content (AvgIpc) is 2.96. The van der Waals surface area contributed by atoms with Crippen LogP contribution in [0.1, 0.15) is 21.0 Å². The lowest BCUT2D eigenvalue weighted by molar-refractivity contribution is 0.0969. The first-order valence-electron chi connectivity index (χ1n) is 5.89. The summed E-state index contributed by atoms with van der Waals surface area (Å²) in [7, 11) is 0. The molecule has 0 radical (unpaired) electrons. The van der Waals surface area contributed by atoms with Gasteiger partial charge in [0.1, 0.15) is 5.58 Å². The number of carbonyl (C=O) groups is 1. The first-order valence-corrected chi connectivity index (χ1v) is 7.56. The van der Waals surface area contributed by atoms with Crippen LogP contribution in [0.2, 0.25) is 0 Å². The molecule has 3 aromatic rings. The Kier molecular flexibility index (Phi) is 3.29. The Morgan fingerprint density at radius 3 is 2.89 bits per heavy atom. The van der Waals surface area contributed by atoms with E-state index >= 15 is 0 Å². The number of benzene rings is 1. The average molecular weight is 335 g/mol. The van der Waals surface area contributed by atoms with E-state index < -0.39 is 0 Å². The highest BCUT2D eigenvalue weighted by atomic mass is 79.9. The lowest BCUT2D eigenvalue weighted by atomic mass is 10.1. The van der Waals surface area contributed by atoms with Crippen LogP contribution in [0.15, 0.2) is 44.6 Å². The van der Waals surface area contributed by atoms with Crippen LogP contribution < -0.4 is 0 Å². The third-order valence-electron chi connectivity index (χ3n) is 2.96. The molecular formula is C15H11BrO2S. The molecule has 0 saturated heterocycles. The Balaban J connectivity index is 1.91. The van der Waals surface area contributed by atoms with Crippen LogP contribution in [0.3, 0.4) is 0 Å². The summed E-state index contributed by atoms with van der Waals surface area (Å²) in [6, 6.07) is 9.69. The highest BCUT2D eigenvalue weighted by molar-refractivity contribution is 9.10. The molecule has 0 spiro atoms. The van der Waals surface area contributed by atoms with Crippen molar-refractivity contribution in [1.82, 2.24) is 0 Å². The van der Waals surface area contributed by atoms with E-state index in [1.165, 1.54) is 0 Å². The zero-order chi connectivity index (χ0) is 13.4. The third kappa shape index (κ3) is 2.51. The normalized spacial score (nSPS) is 11.1. The van der Waals surface area contributed by atoms with E-state index in [9.17, 15) is 4.79 Å². The van der Waals surface area contributed by atoms with Crippen LogP contribution in [0.5, 0.6) is 0 Å². The number of hydrogen-bond donors (Lipinski definition) is 0. The number of ketones is 1. The van der Waals surface area contributed by atoms with Gasteiger partial charge in [-0.05, 0) is 52.5 Å². The molecule has 3 rings (SSSR count). The minimum absolute atomic E-state index is 0.0111. The van der Waals surface area contributed by atoms with Crippen LogP contribution in [0.25, 0.3) is 11.0 Å². The van der Waals surface area contributed by atoms with Crippen molar-refractivity contribution in [2.24, 2.45) is 0 Å². The smallest absolute Gasteiger partial charge is 0.203 e. The van der Waals surface area contributed by atoms with E-state index in [-0.39, 0.29) is 5.78 Å². The van der Waals surface area contributed by atoms with E-state index in [0.29, 0.717) is 12.2 Å². The summed E-state index contributed by atoms with van der Waals surface area (Å²) < 4.78 is 6.60. The van der Waals surface area contributed by atoms with Gasteiger partial charge in [-0.1, -0.05) is 11.6 Å². The first-order chi connectivity index (χ1) is 9.13. The predicted octanol–water partition coefficient (Wildman–Crippen LogP) is 4.99. The number of rotatable bonds is 3. The van der Waals surface area contributed by atoms with E-state index in [1.807, 2.05) is 42.6 Å². The molecule has 0 fully saturated rings. The van der Waals surface area contributed by atoms with Crippen LogP contribution in [-0.4, -0.2) is 5.78 Å². The summed E-state index contributed by atoms with van der Waals surface area (Å²) in [4.78, 5) is 13.2. The van der Waals surface area contributed by atoms with Crippen molar-refractivity contribution in [1.29, 1.82) is 0 Å². The van der Waals surface area contributed by atoms with Gasteiger partial charge in [0.2, 0.25) is 5.78 Å². The van der Waals surface area contributed by atoms with Crippen molar-refractivity contribution in [2.75, 3.05) is 0 Å². The minimum Gasteiger partial charge on any atom is -0.453 e. The molecule has 4 heteroatoms. The highest BCUT2D eigenvalue weighted by Gasteiger charge is 2.15. The maximum atomic E-state index is 12.2. The third-order valence-corrected chi connectivity index (χ3v) is 4.89. The van der Waals surface area contributed by atoms with Gasteiger partial charge < -0.3 is 4.42 Å². The number of thiophene rings is 1. The van der Waals surface area contributed by atoms with Crippen molar-refractivity contribution >= 4 is 44.0 Å². The second-order valence-electron chi connectivity index (χ2n) is 4.44. The molecule has 0 aliphatic heterocycles. The van der Waals surface area contributed by atoms with E-state index in [2.05, 4.69) is 15.9 Å². The summed E-state index contributed by atoms with van der Waals surface area (Å²) in [6.45, 7) is 2.02. The molecule has 0 N–H and O–H groups in total. The summed E-state index contributed by atoms with van der Waals surface area (Å²) in [5, 5.41) is 2.95. The SMILES string of the molecule is Cc1ccc2oc(C(=O)Cc3sccc3Br)cc2c1. The molecule has 2 aromatic heterocycles. The molecule has 96 valence electrons. The summed E-state index contributed by atoms with van der Waals surface area (Å²) >= 11 is 5.01. The minimum atomic E-state index is 0.0111. The Hall–Kier alpha value is -1.39. The molecule has 1 aromatic carbocycles. The van der Waals surface area contributed by atoms with E-state index in [1.54, 1.807) is 11.3 Å². The highest BCUT2D eigenvalue weighted by Crippen LogP contribution is 2.26. The Bertz CT molecular complexity index is 754. The number of halogens is 1. The van der Waals surface area contributed by atoms with E-state index in [4.69, 9.17) is 4.42 Å². The van der Waals surface area contributed by atoms with Crippen LogP contribution in [-0.2, 0) is 6.42 Å². The van der Waals surface area contributed by atoms with Crippen molar-refractivity contribution < 1.29 is 9.21 Å². The summed E-state index contributed by atoms with van der Waals surface area (Å²) in [5.74, 6) is 0.443. The van der Waals surface area contributed by atoms with Gasteiger partial charge in [0.05, 0.1) is 0 Å². The molecule has 2 heterocycles. The molecule has 0 aliphatic rings. The molecule has 0 amide bonds. The zero-order valence-corrected chi connectivity index (χ0v) is 12.7. The predicted molar refractivity (Wildman–Crippen MR) is 81.0 cm³/mol. The Morgan fingerprint density at radius 1 is 1.32 bits per heavy atom. The summed E-state index contributed by atoms with van der Waals surface area (Å²) in [6.07, 6.45) is 0.372. The van der Waals surface area contributed by atoms with Crippen molar-refractivity contribution in [3.8, 4) is 0 Å². The molecule has 0 atom stereocenters. The van der Waals surface area contributed by atoms with Gasteiger partial charge in [0.25, 0.3) is 0 Å². The van der Waals surface area contributed by atoms with Gasteiger partial charge in [-0.3, -0.25) is 4.79 Å². The molecule has 0 aliphatic carbocycles. The number of carbonyl (C=O) groups excluding carboxylic acids is 1. The number of hydrogen-bond acceptors (Lipinski definition) is 3. The maximum Gasteiger partial charge on any atom is 0.203 e. The second-order valence-corrected chi connectivity index (χ2v) is 6.30. The number of fused-ring (bicyclic) bond motifs is 1. The molecule has 0 unspecified atom stereocenters. The quantitative estimate of drug-likeness (QED) is 0.631. The largest absolute Gasteiger partial charge is 0.453 e. The van der Waals surface area contributed by atoms with Gasteiger partial charge in [-0.15, -0.1) is 11.3 Å². The molecule has 19 heavy (non-hydrogen) atoms. The fraction of sp³-hybridized carbons (Fsp3) is 0.133. The maximum absolute atomic E-state index is 12.2. The van der Waals surface area contributed by atoms with Gasteiger partial charge in [-0.25, -0.2) is 0 Å². The molecule has 0 saturated carbocycles. The number of furan rings is 1. The first kappa shape index (κ1) is 12.6. The van der Waals surface area contributed by atoms with Crippen LogP contribution in [0.4, 0.5) is 0 Å². The Labute approximate surface area is 123 Å². The zero-order valence-electron chi connectivity index (χ0n) is 10.3. The molecule has 0 bridgehead atoms. The monoisotopic (exact) mass is 334 g/mol. The van der Waals surface area contributed by atoms with Gasteiger partial charge in [0, 0.05) is 21.2 Å². The fourth-order valence-electron chi connectivity index (χ4n) is 1.98. The van der Waals surface area contributed by atoms with Crippen LogP contribution in [0, 0.1) is 6.92 Å².